The van der Waals surface area contributed by atoms with Crippen LogP contribution < -0.4 is 4.90 Å². The van der Waals surface area contributed by atoms with Gasteiger partial charge in [-0.2, -0.15) is 5.10 Å². The number of nitrogens with zero attached hydrogens (tertiary/aromatic N) is 2. The third kappa shape index (κ3) is 3.02. The first kappa shape index (κ1) is 13.3. The van der Waals surface area contributed by atoms with Crippen LogP contribution in [0.2, 0.25) is 0 Å². The number of hydrogen-bond donors (Lipinski definition) is 1. The van der Waals surface area contributed by atoms with E-state index in [4.69, 9.17) is 0 Å². The van der Waals surface area contributed by atoms with Crippen molar-refractivity contribution in [1.82, 2.24) is 10.2 Å². The van der Waals surface area contributed by atoms with Crippen LogP contribution in [0.15, 0.2) is 36.5 Å². The lowest BCUT2D eigenvalue weighted by molar-refractivity contribution is 0.0986. The van der Waals surface area contributed by atoms with Gasteiger partial charge in [-0.15, -0.1) is 0 Å². The molecule has 1 amide bonds. The van der Waals surface area contributed by atoms with E-state index in [-0.39, 0.29) is 5.91 Å². The van der Waals surface area contributed by atoms with Crippen LogP contribution in [0.5, 0.6) is 0 Å². The first-order valence-corrected chi connectivity index (χ1v) is 6.61. The topological polar surface area (TPSA) is 49.0 Å². The van der Waals surface area contributed by atoms with Gasteiger partial charge >= 0.3 is 0 Å². The lowest BCUT2D eigenvalue weighted by atomic mass is 10.2. The van der Waals surface area contributed by atoms with E-state index in [1.54, 1.807) is 6.20 Å². The molecule has 100 valence electrons. The molecular formula is C15H19N3O. The highest BCUT2D eigenvalue weighted by atomic mass is 16.2. The molecule has 4 nitrogen and oxygen atoms in total. The van der Waals surface area contributed by atoms with E-state index in [9.17, 15) is 4.79 Å². The molecule has 2 aromatic rings. The minimum atomic E-state index is 0.00546. The molecule has 0 fully saturated rings. The fourth-order valence-electron chi connectivity index (χ4n) is 1.98. The number of aromatic amines is 1. The van der Waals surface area contributed by atoms with Crippen molar-refractivity contribution >= 4 is 11.6 Å². The maximum Gasteiger partial charge on any atom is 0.261 e. The molecular weight excluding hydrogens is 238 g/mol. The number of para-hydroxylation sites is 1. The number of H-pyrrole nitrogens is 1. The number of aromatic nitrogens is 2. The zero-order valence-corrected chi connectivity index (χ0v) is 11.4. The fraction of sp³-hybridized carbons (Fsp3) is 0.333. The summed E-state index contributed by atoms with van der Waals surface area (Å²) in [7, 11) is 0. The van der Waals surface area contributed by atoms with E-state index in [2.05, 4.69) is 17.1 Å². The van der Waals surface area contributed by atoms with Crippen molar-refractivity contribution in [1.29, 1.82) is 0 Å². The number of amides is 1. The molecule has 19 heavy (non-hydrogen) atoms. The summed E-state index contributed by atoms with van der Waals surface area (Å²) in [6.45, 7) is 4.71. The SMILES string of the molecule is CCCCN(C(=O)c1cn[nH]c1C)c1ccccc1. The number of anilines is 1. The molecule has 1 heterocycles. The molecule has 0 aliphatic heterocycles. The Morgan fingerprint density at radius 1 is 1.32 bits per heavy atom. The van der Waals surface area contributed by atoms with Crippen LogP contribution >= 0.6 is 0 Å². The summed E-state index contributed by atoms with van der Waals surface area (Å²) in [5.74, 6) is 0.00546. The Morgan fingerprint density at radius 2 is 2.05 bits per heavy atom. The molecule has 0 aliphatic carbocycles. The molecule has 0 atom stereocenters. The molecule has 0 saturated heterocycles. The van der Waals surface area contributed by atoms with E-state index in [1.165, 1.54) is 0 Å². The van der Waals surface area contributed by atoms with Gasteiger partial charge in [-0.3, -0.25) is 9.89 Å². The van der Waals surface area contributed by atoms with Gasteiger partial charge in [0.1, 0.15) is 0 Å². The van der Waals surface area contributed by atoms with Gasteiger partial charge in [0.2, 0.25) is 0 Å². The smallest absolute Gasteiger partial charge is 0.261 e. The van der Waals surface area contributed by atoms with Crippen molar-refractivity contribution in [2.75, 3.05) is 11.4 Å². The van der Waals surface area contributed by atoms with Crippen LogP contribution in [-0.4, -0.2) is 22.6 Å². The maximum atomic E-state index is 12.6. The second-order valence-electron chi connectivity index (χ2n) is 4.55. The first-order chi connectivity index (χ1) is 9.24. The highest BCUT2D eigenvalue weighted by Gasteiger charge is 2.19. The number of carbonyl (C=O) groups is 1. The van der Waals surface area contributed by atoms with Crippen molar-refractivity contribution in [3.8, 4) is 0 Å². The predicted molar refractivity (Wildman–Crippen MR) is 76.4 cm³/mol. The van der Waals surface area contributed by atoms with Gasteiger partial charge in [0.25, 0.3) is 5.91 Å². The van der Waals surface area contributed by atoms with Gasteiger partial charge in [0.15, 0.2) is 0 Å². The van der Waals surface area contributed by atoms with Crippen LogP contribution in [0, 0.1) is 6.92 Å². The Bertz CT molecular complexity index is 533. The Morgan fingerprint density at radius 3 is 2.63 bits per heavy atom. The minimum absolute atomic E-state index is 0.00546. The van der Waals surface area contributed by atoms with Crippen molar-refractivity contribution in [2.24, 2.45) is 0 Å². The summed E-state index contributed by atoms with van der Waals surface area (Å²) in [6.07, 6.45) is 3.64. The molecule has 1 aromatic carbocycles. The van der Waals surface area contributed by atoms with Crippen LogP contribution in [0.25, 0.3) is 0 Å². The third-order valence-electron chi connectivity index (χ3n) is 3.11. The second-order valence-corrected chi connectivity index (χ2v) is 4.55. The summed E-state index contributed by atoms with van der Waals surface area (Å²) >= 11 is 0. The molecule has 0 aliphatic rings. The zero-order chi connectivity index (χ0) is 13.7. The van der Waals surface area contributed by atoms with Crippen molar-refractivity contribution in [3.63, 3.8) is 0 Å². The zero-order valence-electron chi connectivity index (χ0n) is 11.4. The highest BCUT2D eigenvalue weighted by Crippen LogP contribution is 2.18. The standard InChI is InChI=1S/C15H19N3O/c1-3-4-10-18(13-8-6-5-7-9-13)15(19)14-11-16-17-12(14)2/h5-9,11H,3-4,10H2,1-2H3,(H,16,17). The second kappa shape index (κ2) is 6.18. The molecule has 1 aromatic heterocycles. The highest BCUT2D eigenvalue weighted by molar-refractivity contribution is 6.06. The predicted octanol–water partition coefficient (Wildman–Crippen LogP) is 3.17. The van der Waals surface area contributed by atoms with E-state index < -0.39 is 0 Å². The average molecular weight is 257 g/mol. The van der Waals surface area contributed by atoms with Gasteiger partial charge in [-0.25, -0.2) is 0 Å². The van der Waals surface area contributed by atoms with Crippen molar-refractivity contribution in [2.45, 2.75) is 26.7 Å². The van der Waals surface area contributed by atoms with Crippen LogP contribution in [0.3, 0.4) is 0 Å². The van der Waals surface area contributed by atoms with Gasteiger partial charge < -0.3 is 4.90 Å². The first-order valence-electron chi connectivity index (χ1n) is 6.61. The summed E-state index contributed by atoms with van der Waals surface area (Å²) in [6, 6.07) is 9.77. The Kier molecular flexibility index (Phi) is 4.34. The summed E-state index contributed by atoms with van der Waals surface area (Å²) < 4.78 is 0. The number of nitrogens with one attached hydrogen (secondary N) is 1. The molecule has 4 heteroatoms. The lowest BCUT2D eigenvalue weighted by Gasteiger charge is -2.22. The van der Waals surface area contributed by atoms with Crippen LogP contribution in [0.1, 0.15) is 35.8 Å². The number of carbonyl (C=O) groups excluding carboxylic acids is 1. The largest absolute Gasteiger partial charge is 0.308 e. The number of rotatable bonds is 5. The molecule has 2 rings (SSSR count). The number of benzene rings is 1. The minimum Gasteiger partial charge on any atom is -0.308 e. The summed E-state index contributed by atoms with van der Waals surface area (Å²) in [5, 5.41) is 6.74. The Balaban J connectivity index is 2.28. The summed E-state index contributed by atoms with van der Waals surface area (Å²) in [4.78, 5) is 14.4. The normalized spacial score (nSPS) is 10.4. The van der Waals surface area contributed by atoms with Crippen LogP contribution in [0.4, 0.5) is 5.69 Å². The van der Waals surface area contributed by atoms with Gasteiger partial charge in [0, 0.05) is 17.9 Å². The molecule has 0 radical (unpaired) electrons. The van der Waals surface area contributed by atoms with Crippen molar-refractivity contribution < 1.29 is 4.79 Å². The number of aryl methyl sites for hydroxylation is 1. The van der Waals surface area contributed by atoms with Gasteiger partial charge in [-0.1, -0.05) is 31.5 Å². The van der Waals surface area contributed by atoms with E-state index in [0.29, 0.717) is 5.56 Å². The van der Waals surface area contributed by atoms with E-state index in [1.807, 2.05) is 42.2 Å². The third-order valence-corrected chi connectivity index (χ3v) is 3.11. The molecule has 0 saturated carbocycles. The summed E-state index contributed by atoms with van der Waals surface area (Å²) in [5.41, 5.74) is 2.38. The van der Waals surface area contributed by atoms with Crippen LogP contribution in [-0.2, 0) is 0 Å². The fourth-order valence-corrected chi connectivity index (χ4v) is 1.98. The maximum absolute atomic E-state index is 12.6. The monoisotopic (exact) mass is 257 g/mol. The Labute approximate surface area is 113 Å². The number of unbranched alkanes of at least 4 members (excludes halogenated alkanes) is 1. The molecule has 0 unspecified atom stereocenters. The van der Waals surface area contributed by atoms with Crippen molar-refractivity contribution in [3.05, 3.63) is 47.8 Å². The van der Waals surface area contributed by atoms with Gasteiger partial charge in [0.05, 0.1) is 11.8 Å². The van der Waals surface area contributed by atoms with Gasteiger partial charge in [-0.05, 0) is 25.5 Å². The number of hydrogen-bond acceptors (Lipinski definition) is 2. The van der Waals surface area contributed by atoms with E-state index in [0.717, 1.165) is 30.8 Å². The average Bonchev–Trinajstić information content (AvgIpc) is 2.86. The molecule has 0 bridgehead atoms. The molecule has 1 N–H and O–H groups in total. The molecule has 0 spiro atoms. The quantitative estimate of drug-likeness (QED) is 0.894. The Hall–Kier alpha value is -2.10. The van der Waals surface area contributed by atoms with E-state index >= 15 is 0 Å². The lowest BCUT2D eigenvalue weighted by Crippen LogP contribution is -2.32.